The van der Waals surface area contributed by atoms with Gasteiger partial charge in [-0.2, -0.15) is 0 Å². The number of ether oxygens (including phenoxy) is 1. The summed E-state index contributed by atoms with van der Waals surface area (Å²) in [4.78, 5) is 21.3. The number of benzene rings is 1. The largest absolute Gasteiger partial charge is 0.376 e. The lowest BCUT2D eigenvalue weighted by Gasteiger charge is -2.11. The van der Waals surface area contributed by atoms with Crippen molar-refractivity contribution in [3.05, 3.63) is 24.3 Å². The van der Waals surface area contributed by atoms with Gasteiger partial charge in [0.1, 0.15) is 5.82 Å². The predicted octanol–water partition coefficient (Wildman–Crippen LogP) is 2.59. The number of nitrogens with one attached hydrogen (secondary N) is 2. The number of carbonyl (C=O) groups excluding carboxylic acids is 1. The number of fused-ring (bicyclic) bond motifs is 1. The Morgan fingerprint density at radius 3 is 2.92 bits per heavy atom. The van der Waals surface area contributed by atoms with Crippen molar-refractivity contribution in [1.29, 1.82) is 0 Å². The zero-order valence-electron chi connectivity index (χ0n) is 14.0. The van der Waals surface area contributed by atoms with Gasteiger partial charge >= 0.3 is 0 Å². The van der Waals surface area contributed by atoms with Crippen LogP contribution in [0.25, 0.3) is 10.9 Å². The van der Waals surface area contributed by atoms with Gasteiger partial charge in [0, 0.05) is 24.6 Å². The minimum Gasteiger partial charge on any atom is -0.376 e. The summed E-state index contributed by atoms with van der Waals surface area (Å²) in [6.07, 6.45) is 4.65. The number of amides is 1. The molecule has 1 aromatic carbocycles. The maximum Gasteiger partial charge on any atom is 0.230 e. The van der Waals surface area contributed by atoms with Crippen molar-refractivity contribution in [3.63, 3.8) is 0 Å². The monoisotopic (exact) mass is 358 g/mol. The lowest BCUT2D eigenvalue weighted by atomic mass is 10.2. The number of hydrogen-bond donors (Lipinski definition) is 2. The quantitative estimate of drug-likeness (QED) is 0.585. The number of para-hydroxylation sites is 1. The molecule has 6 nitrogen and oxygen atoms in total. The lowest BCUT2D eigenvalue weighted by Crippen LogP contribution is -2.32. The Kier molecular flexibility index (Phi) is 5.03. The SMILES string of the molecule is O=C(CSc1nc(NC2CC2)c2ccccc2n1)NCC1CCCO1. The van der Waals surface area contributed by atoms with E-state index in [4.69, 9.17) is 4.74 Å². The molecule has 4 rings (SSSR count). The molecule has 1 saturated carbocycles. The second kappa shape index (κ2) is 7.58. The number of aromatic nitrogens is 2. The number of carbonyl (C=O) groups is 1. The topological polar surface area (TPSA) is 76.1 Å². The Labute approximate surface area is 151 Å². The number of hydrogen-bond acceptors (Lipinski definition) is 6. The van der Waals surface area contributed by atoms with E-state index in [0.29, 0.717) is 23.5 Å². The van der Waals surface area contributed by atoms with Crippen LogP contribution in [-0.4, -0.2) is 46.9 Å². The highest BCUT2D eigenvalue weighted by molar-refractivity contribution is 7.99. The molecule has 25 heavy (non-hydrogen) atoms. The van der Waals surface area contributed by atoms with E-state index >= 15 is 0 Å². The van der Waals surface area contributed by atoms with Crippen molar-refractivity contribution >= 4 is 34.4 Å². The Bertz CT molecular complexity index is 760. The minimum absolute atomic E-state index is 0.00559. The van der Waals surface area contributed by atoms with Gasteiger partial charge in [0.25, 0.3) is 0 Å². The van der Waals surface area contributed by atoms with Crippen molar-refractivity contribution < 1.29 is 9.53 Å². The number of rotatable bonds is 7. The molecular weight excluding hydrogens is 336 g/mol. The highest BCUT2D eigenvalue weighted by Crippen LogP contribution is 2.29. The molecule has 0 bridgehead atoms. The molecule has 1 saturated heterocycles. The van der Waals surface area contributed by atoms with Crippen LogP contribution in [0.3, 0.4) is 0 Å². The number of thioether (sulfide) groups is 1. The van der Waals surface area contributed by atoms with Gasteiger partial charge in [-0.05, 0) is 37.8 Å². The lowest BCUT2D eigenvalue weighted by molar-refractivity contribution is -0.119. The Hall–Kier alpha value is -1.86. The zero-order chi connectivity index (χ0) is 17.1. The van der Waals surface area contributed by atoms with Crippen LogP contribution >= 0.6 is 11.8 Å². The molecule has 7 heteroatoms. The molecule has 2 aromatic rings. The molecule has 1 aliphatic heterocycles. The highest BCUT2D eigenvalue weighted by Gasteiger charge is 2.23. The molecule has 1 unspecified atom stereocenters. The molecule has 0 spiro atoms. The van der Waals surface area contributed by atoms with E-state index < -0.39 is 0 Å². The standard InChI is InChI=1S/C18H22N4O2S/c23-16(19-10-13-4-3-9-24-13)11-25-18-21-15-6-2-1-5-14(15)17(22-18)20-12-7-8-12/h1-2,5-6,12-13H,3-4,7-11H2,(H,19,23)(H,20,21,22). The average molecular weight is 358 g/mol. The van der Waals surface area contributed by atoms with Crippen LogP contribution in [0.5, 0.6) is 0 Å². The fraction of sp³-hybridized carbons (Fsp3) is 0.500. The van der Waals surface area contributed by atoms with Crippen molar-refractivity contribution in [2.24, 2.45) is 0 Å². The molecule has 0 radical (unpaired) electrons. The van der Waals surface area contributed by atoms with Gasteiger partial charge in [0.05, 0.1) is 17.4 Å². The Morgan fingerprint density at radius 1 is 1.24 bits per heavy atom. The van der Waals surface area contributed by atoms with Crippen molar-refractivity contribution in [2.45, 2.75) is 43.0 Å². The maximum absolute atomic E-state index is 12.1. The molecule has 1 amide bonds. The molecule has 2 N–H and O–H groups in total. The van der Waals surface area contributed by atoms with E-state index in [2.05, 4.69) is 20.6 Å². The fourth-order valence-corrected chi connectivity index (χ4v) is 3.55. The van der Waals surface area contributed by atoms with Crippen LogP contribution in [0, 0.1) is 0 Å². The molecule has 1 aromatic heterocycles. The van der Waals surface area contributed by atoms with Crippen LogP contribution in [-0.2, 0) is 9.53 Å². The number of anilines is 1. The summed E-state index contributed by atoms with van der Waals surface area (Å²) >= 11 is 1.37. The van der Waals surface area contributed by atoms with E-state index in [-0.39, 0.29) is 12.0 Å². The van der Waals surface area contributed by atoms with Gasteiger partial charge < -0.3 is 15.4 Å². The van der Waals surface area contributed by atoms with Gasteiger partial charge in [-0.25, -0.2) is 9.97 Å². The van der Waals surface area contributed by atoms with Gasteiger partial charge in [-0.15, -0.1) is 0 Å². The average Bonchev–Trinajstić information content (AvgIpc) is 3.29. The van der Waals surface area contributed by atoms with Crippen LogP contribution in [0.15, 0.2) is 29.4 Å². The molecule has 2 heterocycles. The van der Waals surface area contributed by atoms with Crippen molar-refractivity contribution in [1.82, 2.24) is 15.3 Å². The van der Waals surface area contributed by atoms with Gasteiger partial charge in [-0.3, -0.25) is 4.79 Å². The second-order valence-electron chi connectivity index (χ2n) is 6.52. The summed E-state index contributed by atoms with van der Waals surface area (Å²) in [6.45, 7) is 1.39. The van der Waals surface area contributed by atoms with E-state index in [1.54, 1.807) is 0 Å². The Balaban J connectivity index is 1.39. The normalized spacial score (nSPS) is 19.9. The molecule has 2 fully saturated rings. The van der Waals surface area contributed by atoms with Crippen LogP contribution < -0.4 is 10.6 Å². The van der Waals surface area contributed by atoms with Gasteiger partial charge in [0.2, 0.25) is 5.91 Å². The fourth-order valence-electron chi connectivity index (χ4n) is 2.87. The maximum atomic E-state index is 12.1. The van der Waals surface area contributed by atoms with E-state index in [9.17, 15) is 4.79 Å². The van der Waals surface area contributed by atoms with E-state index in [1.165, 1.54) is 24.6 Å². The summed E-state index contributed by atoms with van der Waals surface area (Å²) in [7, 11) is 0. The van der Waals surface area contributed by atoms with Crippen LogP contribution in [0.2, 0.25) is 0 Å². The first-order valence-corrected chi connectivity index (χ1v) is 9.81. The summed E-state index contributed by atoms with van der Waals surface area (Å²) in [6, 6.07) is 8.50. The summed E-state index contributed by atoms with van der Waals surface area (Å²) in [5, 5.41) is 8.06. The minimum atomic E-state index is -0.00559. The molecule has 1 aliphatic carbocycles. The van der Waals surface area contributed by atoms with Gasteiger partial charge in [-0.1, -0.05) is 23.9 Å². The third kappa shape index (κ3) is 4.41. The predicted molar refractivity (Wildman–Crippen MR) is 98.9 cm³/mol. The molecule has 132 valence electrons. The van der Waals surface area contributed by atoms with Crippen molar-refractivity contribution in [2.75, 3.05) is 24.2 Å². The first kappa shape index (κ1) is 16.6. The summed E-state index contributed by atoms with van der Waals surface area (Å²) in [5.74, 6) is 1.18. The molecule has 2 aliphatic rings. The van der Waals surface area contributed by atoms with Crippen LogP contribution in [0.4, 0.5) is 5.82 Å². The van der Waals surface area contributed by atoms with Crippen molar-refractivity contribution in [3.8, 4) is 0 Å². The van der Waals surface area contributed by atoms with E-state index in [0.717, 1.165) is 36.2 Å². The highest BCUT2D eigenvalue weighted by atomic mass is 32.2. The second-order valence-corrected chi connectivity index (χ2v) is 7.46. The third-order valence-corrected chi connectivity index (χ3v) is 5.23. The Morgan fingerprint density at radius 2 is 2.12 bits per heavy atom. The summed E-state index contributed by atoms with van der Waals surface area (Å²) < 4.78 is 5.52. The summed E-state index contributed by atoms with van der Waals surface area (Å²) in [5.41, 5.74) is 0.905. The van der Waals surface area contributed by atoms with Crippen LogP contribution in [0.1, 0.15) is 25.7 Å². The van der Waals surface area contributed by atoms with Gasteiger partial charge in [0.15, 0.2) is 5.16 Å². The van der Waals surface area contributed by atoms with E-state index in [1.807, 2.05) is 24.3 Å². The zero-order valence-corrected chi connectivity index (χ0v) is 14.8. The first-order valence-electron chi connectivity index (χ1n) is 8.82. The third-order valence-electron chi connectivity index (χ3n) is 4.38. The number of nitrogens with zero attached hydrogens (tertiary/aromatic N) is 2. The smallest absolute Gasteiger partial charge is 0.230 e. The first-order chi connectivity index (χ1) is 12.3. The molecular formula is C18H22N4O2S. The molecule has 1 atom stereocenters.